The first-order valence-corrected chi connectivity index (χ1v) is 4.78. The molecule has 0 radical (unpaired) electrons. The molecule has 0 aliphatic carbocycles. The van der Waals surface area contributed by atoms with E-state index in [2.05, 4.69) is 4.98 Å². The Morgan fingerprint density at radius 2 is 2.19 bits per heavy atom. The van der Waals surface area contributed by atoms with Crippen LogP contribution in [-0.4, -0.2) is 29.6 Å². The van der Waals surface area contributed by atoms with Gasteiger partial charge >= 0.3 is 5.97 Å². The Labute approximate surface area is 92.6 Å². The van der Waals surface area contributed by atoms with Crippen LogP contribution in [0.3, 0.4) is 0 Å². The number of rotatable bonds is 2. The first-order chi connectivity index (χ1) is 7.67. The van der Waals surface area contributed by atoms with Gasteiger partial charge in [-0.1, -0.05) is 0 Å². The van der Waals surface area contributed by atoms with Gasteiger partial charge in [-0.15, -0.1) is 0 Å². The average molecular weight is 220 g/mol. The molecule has 0 amide bonds. The van der Waals surface area contributed by atoms with Gasteiger partial charge in [0.25, 0.3) is 0 Å². The maximum atomic E-state index is 11.5. The van der Waals surface area contributed by atoms with Gasteiger partial charge in [-0.3, -0.25) is 4.40 Å². The quantitative estimate of drug-likeness (QED) is 0.718. The Bertz CT molecular complexity index is 545. The first-order valence-electron chi connectivity index (χ1n) is 4.78. The molecule has 84 valence electrons. The molecule has 16 heavy (non-hydrogen) atoms. The van der Waals surface area contributed by atoms with Crippen molar-refractivity contribution in [1.29, 1.82) is 0 Å². The van der Waals surface area contributed by atoms with Crippen LogP contribution in [0.4, 0.5) is 0 Å². The lowest BCUT2D eigenvalue weighted by Crippen LogP contribution is -2.06. The molecule has 0 N–H and O–H groups in total. The zero-order chi connectivity index (χ0) is 11.7. The van der Waals surface area contributed by atoms with Crippen molar-refractivity contribution in [2.75, 3.05) is 14.2 Å². The number of aryl methyl sites for hydroxylation is 1. The van der Waals surface area contributed by atoms with Crippen LogP contribution in [0.2, 0.25) is 0 Å². The molecular formula is C11H12N2O3. The molecule has 2 aromatic heterocycles. The van der Waals surface area contributed by atoms with E-state index < -0.39 is 5.97 Å². The topological polar surface area (TPSA) is 52.8 Å². The molecule has 2 heterocycles. The highest BCUT2D eigenvalue weighted by Gasteiger charge is 2.16. The van der Waals surface area contributed by atoms with Crippen molar-refractivity contribution in [3.05, 3.63) is 29.7 Å². The number of methoxy groups -OCH3 is 2. The Hall–Kier alpha value is -2.04. The average Bonchev–Trinajstić information content (AvgIpc) is 2.62. The van der Waals surface area contributed by atoms with Crippen molar-refractivity contribution in [2.45, 2.75) is 6.92 Å². The number of hydrogen-bond donors (Lipinski definition) is 0. The molecule has 0 aliphatic rings. The zero-order valence-corrected chi connectivity index (χ0v) is 9.35. The third-order valence-corrected chi connectivity index (χ3v) is 2.39. The Kier molecular flexibility index (Phi) is 2.52. The Balaban J connectivity index is 2.66. The van der Waals surface area contributed by atoms with Gasteiger partial charge in [0, 0.05) is 12.3 Å². The van der Waals surface area contributed by atoms with Gasteiger partial charge in [0.15, 0.2) is 5.69 Å². The lowest BCUT2D eigenvalue weighted by atomic mass is 10.3. The van der Waals surface area contributed by atoms with Crippen LogP contribution in [0, 0.1) is 6.92 Å². The monoisotopic (exact) mass is 220 g/mol. The van der Waals surface area contributed by atoms with Gasteiger partial charge in [-0.05, 0) is 13.0 Å². The second-order valence-electron chi connectivity index (χ2n) is 3.33. The minimum absolute atomic E-state index is 0.393. The number of carbonyl (C=O) groups is 1. The number of nitrogens with zero attached hydrogens (tertiary/aromatic N) is 2. The summed E-state index contributed by atoms with van der Waals surface area (Å²) in [7, 11) is 2.94. The van der Waals surface area contributed by atoms with Crippen LogP contribution in [0.15, 0.2) is 18.3 Å². The van der Waals surface area contributed by atoms with E-state index in [0.717, 1.165) is 0 Å². The summed E-state index contributed by atoms with van der Waals surface area (Å²) in [6, 6.07) is 3.53. The second-order valence-corrected chi connectivity index (χ2v) is 3.33. The summed E-state index contributed by atoms with van der Waals surface area (Å²) in [5, 5.41) is 0. The van der Waals surface area contributed by atoms with Crippen LogP contribution in [0.1, 0.15) is 16.2 Å². The summed E-state index contributed by atoms with van der Waals surface area (Å²) >= 11 is 0. The van der Waals surface area contributed by atoms with Crippen molar-refractivity contribution in [3.8, 4) is 5.75 Å². The van der Waals surface area contributed by atoms with Gasteiger partial charge in [-0.2, -0.15) is 0 Å². The molecule has 0 bridgehead atoms. The van der Waals surface area contributed by atoms with E-state index in [4.69, 9.17) is 9.47 Å². The molecule has 0 saturated heterocycles. The molecule has 0 saturated carbocycles. The summed E-state index contributed by atoms with van der Waals surface area (Å²) in [6.45, 7) is 1.77. The summed E-state index contributed by atoms with van der Waals surface area (Å²) in [5.41, 5.74) is 1.75. The highest BCUT2D eigenvalue weighted by Crippen LogP contribution is 2.18. The first kappa shape index (κ1) is 10.5. The normalized spacial score (nSPS) is 10.4. The van der Waals surface area contributed by atoms with Crippen molar-refractivity contribution in [2.24, 2.45) is 0 Å². The Morgan fingerprint density at radius 1 is 1.44 bits per heavy atom. The third kappa shape index (κ3) is 1.50. The molecule has 2 aromatic rings. The molecule has 0 aliphatic heterocycles. The molecule has 5 heteroatoms. The molecule has 2 rings (SSSR count). The predicted octanol–water partition coefficient (Wildman–Crippen LogP) is 1.44. The minimum Gasteiger partial charge on any atom is -0.497 e. The summed E-state index contributed by atoms with van der Waals surface area (Å²) in [6.07, 6.45) is 1.74. The smallest absolute Gasteiger partial charge is 0.356 e. The molecule has 0 fully saturated rings. The van der Waals surface area contributed by atoms with Crippen LogP contribution in [-0.2, 0) is 4.74 Å². The molecular weight excluding hydrogens is 208 g/mol. The number of fused-ring (bicyclic) bond motifs is 1. The van der Waals surface area contributed by atoms with Gasteiger partial charge in [-0.25, -0.2) is 9.78 Å². The van der Waals surface area contributed by atoms with Crippen molar-refractivity contribution >= 4 is 11.6 Å². The maximum absolute atomic E-state index is 11.5. The molecule has 0 aromatic carbocycles. The fourth-order valence-corrected chi connectivity index (χ4v) is 1.61. The van der Waals surface area contributed by atoms with E-state index in [1.54, 1.807) is 36.8 Å². The van der Waals surface area contributed by atoms with E-state index in [1.165, 1.54) is 7.11 Å². The van der Waals surface area contributed by atoms with Gasteiger partial charge < -0.3 is 9.47 Å². The summed E-state index contributed by atoms with van der Waals surface area (Å²) < 4.78 is 11.5. The van der Waals surface area contributed by atoms with Crippen molar-refractivity contribution in [3.63, 3.8) is 0 Å². The van der Waals surface area contributed by atoms with Crippen LogP contribution < -0.4 is 4.74 Å². The predicted molar refractivity (Wildman–Crippen MR) is 57.8 cm³/mol. The highest BCUT2D eigenvalue weighted by atomic mass is 16.5. The van der Waals surface area contributed by atoms with Crippen molar-refractivity contribution < 1.29 is 14.3 Å². The number of esters is 1. The lowest BCUT2D eigenvalue weighted by molar-refractivity contribution is 0.0592. The molecule has 5 nitrogen and oxygen atoms in total. The van der Waals surface area contributed by atoms with E-state index in [-0.39, 0.29) is 0 Å². The zero-order valence-electron chi connectivity index (χ0n) is 9.35. The van der Waals surface area contributed by atoms with Crippen LogP contribution in [0.25, 0.3) is 5.65 Å². The van der Waals surface area contributed by atoms with Gasteiger partial charge in [0.2, 0.25) is 0 Å². The highest BCUT2D eigenvalue weighted by molar-refractivity contribution is 5.90. The van der Waals surface area contributed by atoms with E-state index in [0.29, 0.717) is 22.8 Å². The van der Waals surface area contributed by atoms with Crippen LogP contribution >= 0.6 is 0 Å². The lowest BCUT2D eigenvalue weighted by Gasteiger charge is -2.02. The number of imidazole rings is 1. The molecule has 0 atom stereocenters. The van der Waals surface area contributed by atoms with Crippen LogP contribution in [0.5, 0.6) is 5.75 Å². The van der Waals surface area contributed by atoms with Gasteiger partial charge in [0.05, 0.1) is 19.9 Å². The van der Waals surface area contributed by atoms with E-state index in [9.17, 15) is 4.79 Å². The number of ether oxygens (including phenoxy) is 2. The van der Waals surface area contributed by atoms with Crippen molar-refractivity contribution in [1.82, 2.24) is 9.38 Å². The Morgan fingerprint density at radius 3 is 2.81 bits per heavy atom. The fourth-order valence-electron chi connectivity index (χ4n) is 1.61. The van der Waals surface area contributed by atoms with E-state index in [1.807, 2.05) is 0 Å². The third-order valence-electron chi connectivity index (χ3n) is 2.39. The maximum Gasteiger partial charge on any atom is 0.356 e. The van der Waals surface area contributed by atoms with Gasteiger partial charge in [0.1, 0.15) is 11.4 Å². The second kappa shape index (κ2) is 3.84. The van der Waals surface area contributed by atoms with E-state index >= 15 is 0 Å². The minimum atomic E-state index is -0.393. The summed E-state index contributed by atoms with van der Waals surface area (Å²) in [5.74, 6) is 0.309. The standard InChI is InChI=1S/C11H12N2O3/c1-7-10(11(14)16-3)13-5-4-8(15-2)6-9(13)12-7/h4-6H,1-3H3. The molecule has 0 spiro atoms. The number of pyridine rings is 1. The number of hydrogen-bond acceptors (Lipinski definition) is 4. The number of aromatic nitrogens is 2. The number of carbonyl (C=O) groups excluding carboxylic acids is 1. The SMILES string of the molecule is COC(=O)c1c(C)nc2cc(OC)ccn12. The summed E-state index contributed by atoms with van der Waals surface area (Å²) in [4.78, 5) is 15.8. The molecule has 0 unspecified atom stereocenters. The largest absolute Gasteiger partial charge is 0.497 e. The fraction of sp³-hybridized carbons (Fsp3) is 0.273.